The van der Waals surface area contributed by atoms with Gasteiger partial charge < -0.3 is 10.4 Å². The van der Waals surface area contributed by atoms with E-state index in [1.807, 2.05) is 12.1 Å². The van der Waals surface area contributed by atoms with Crippen LogP contribution in [0.25, 0.3) is 0 Å². The molecule has 0 radical (unpaired) electrons. The summed E-state index contributed by atoms with van der Waals surface area (Å²) in [4.78, 5) is 0. The van der Waals surface area contributed by atoms with E-state index >= 15 is 0 Å². The minimum Gasteiger partial charge on any atom is -0.508 e. The van der Waals surface area contributed by atoms with Crippen LogP contribution in [-0.4, -0.2) is 11.1 Å². The van der Waals surface area contributed by atoms with Gasteiger partial charge in [0.2, 0.25) is 0 Å². The molecule has 0 spiro atoms. The second-order valence-corrected chi connectivity index (χ2v) is 6.54. The Bertz CT molecular complexity index is 383. The fraction of sp³-hybridized carbons (Fsp3) is 0.625. The molecule has 100 valence electrons. The maximum atomic E-state index is 9.25. The first kappa shape index (κ1) is 13.4. The Hall–Kier alpha value is -1.02. The van der Waals surface area contributed by atoms with Gasteiger partial charge in [0.1, 0.15) is 5.75 Å². The Kier molecular flexibility index (Phi) is 3.96. The number of hydrogen-bond acceptors (Lipinski definition) is 2. The van der Waals surface area contributed by atoms with Crippen LogP contribution < -0.4 is 5.32 Å². The number of hydrogen-bond donors (Lipinski definition) is 2. The van der Waals surface area contributed by atoms with Gasteiger partial charge in [-0.25, -0.2) is 0 Å². The highest BCUT2D eigenvalue weighted by molar-refractivity contribution is 5.25. The molecule has 2 atom stereocenters. The molecule has 1 aromatic rings. The van der Waals surface area contributed by atoms with E-state index in [0.717, 1.165) is 12.5 Å². The molecular weight excluding hydrogens is 222 g/mol. The van der Waals surface area contributed by atoms with Crippen LogP contribution in [-0.2, 0) is 6.54 Å². The Morgan fingerprint density at radius 1 is 1.28 bits per heavy atom. The lowest BCUT2D eigenvalue weighted by Crippen LogP contribution is -2.41. The highest BCUT2D eigenvalue weighted by atomic mass is 16.3. The fourth-order valence-electron chi connectivity index (χ4n) is 3.11. The van der Waals surface area contributed by atoms with Gasteiger partial charge in [0.25, 0.3) is 0 Å². The van der Waals surface area contributed by atoms with Gasteiger partial charge in [-0.2, -0.15) is 0 Å². The average Bonchev–Trinajstić information content (AvgIpc) is 2.29. The number of rotatable bonds is 3. The molecule has 18 heavy (non-hydrogen) atoms. The summed E-state index contributed by atoms with van der Waals surface area (Å²) in [7, 11) is 0. The standard InChI is InChI=1S/C16H25NO/c1-12-10-16(2,3)9-8-15(12)17-11-13-4-6-14(18)7-5-13/h4-7,12,15,17-18H,8-11H2,1-3H3. The van der Waals surface area contributed by atoms with Crippen LogP contribution >= 0.6 is 0 Å². The van der Waals surface area contributed by atoms with Crippen molar-refractivity contribution in [2.45, 2.75) is 52.6 Å². The second kappa shape index (κ2) is 5.31. The Morgan fingerprint density at radius 2 is 1.94 bits per heavy atom. The van der Waals surface area contributed by atoms with Crippen molar-refractivity contribution in [2.24, 2.45) is 11.3 Å². The molecule has 2 unspecified atom stereocenters. The van der Waals surface area contributed by atoms with Gasteiger partial charge in [-0.05, 0) is 48.3 Å². The molecule has 0 saturated heterocycles. The molecule has 2 nitrogen and oxygen atoms in total. The van der Waals surface area contributed by atoms with Gasteiger partial charge in [-0.3, -0.25) is 0 Å². The summed E-state index contributed by atoms with van der Waals surface area (Å²) >= 11 is 0. The number of aromatic hydroxyl groups is 1. The van der Waals surface area contributed by atoms with Gasteiger partial charge in [-0.15, -0.1) is 0 Å². The topological polar surface area (TPSA) is 32.3 Å². The first-order valence-electron chi connectivity index (χ1n) is 6.98. The summed E-state index contributed by atoms with van der Waals surface area (Å²) in [5.41, 5.74) is 1.75. The maximum absolute atomic E-state index is 9.25. The van der Waals surface area contributed by atoms with Crippen molar-refractivity contribution in [3.05, 3.63) is 29.8 Å². The molecule has 0 amide bonds. The van der Waals surface area contributed by atoms with Crippen LogP contribution in [0.15, 0.2) is 24.3 Å². The van der Waals surface area contributed by atoms with E-state index in [2.05, 4.69) is 26.1 Å². The van der Waals surface area contributed by atoms with Crippen LogP contribution in [0.4, 0.5) is 0 Å². The van der Waals surface area contributed by atoms with E-state index in [4.69, 9.17) is 0 Å². The predicted octanol–water partition coefficient (Wildman–Crippen LogP) is 3.70. The molecule has 2 N–H and O–H groups in total. The number of nitrogens with one attached hydrogen (secondary N) is 1. The highest BCUT2D eigenvalue weighted by Gasteiger charge is 2.31. The summed E-state index contributed by atoms with van der Waals surface area (Å²) in [5.74, 6) is 1.08. The molecule has 0 heterocycles. The third kappa shape index (κ3) is 3.49. The molecule has 0 aromatic heterocycles. The van der Waals surface area contributed by atoms with Crippen LogP contribution in [0.2, 0.25) is 0 Å². The summed E-state index contributed by atoms with van der Waals surface area (Å²) in [6.45, 7) is 8.00. The predicted molar refractivity (Wildman–Crippen MR) is 75.5 cm³/mol. The van der Waals surface area contributed by atoms with E-state index < -0.39 is 0 Å². The van der Waals surface area contributed by atoms with Gasteiger partial charge in [0.05, 0.1) is 0 Å². The average molecular weight is 247 g/mol. The third-order valence-electron chi connectivity index (χ3n) is 4.20. The molecule has 0 bridgehead atoms. The van der Waals surface area contributed by atoms with E-state index in [1.54, 1.807) is 12.1 Å². The Morgan fingerprint density at radius 3 is 2.56 bits per heavy atom. The minimum absolute atomic E-state index is 0.339. The number of benzene rings is 1. The molecule has 1 aliphatic rings. The van der Waals surface area contributed by atoms with Crippen LogP contribution in [0.1, 0.15) is 45.6 Å². The highest BCUT2D eigenvalue weighted by Crippen LogP contribution is 2.38. The first-order valence-corrected chi connectivity index (χ1v) is 6.98. The zero-order chi connectivity index (χ0) is 13.2. The molecule has 1 saturated carbocycles. The van der Waals surface area contributed by atoms with E-state index in [1.165, 1.54) is 24.8 Å². The third-order valence-corrected chi connectivity index (χ3v) is 4.20. The molecule has 1 aliphatic carbocycles. The fourth-order valence-corrected chi connectivity index (χ4v) is 3.11. The zero-order valence-corrected chi connectivity index (χ0v) is 11.7. The van der Waals surface area contributed by atoms with Gasteiger partial charge in [0.15, 0.2) is 0 Å². The van der Waals surface area contributed by atoms with E-state index in [9.17, 15) is 5.11 Å². The molecule has 1 aromatic carbocycles. The monoisotopic (exact) mass is 247 g/mol. The van der Waals surface area contributed by atoms with Crippen molar-refractivity contribution in [3.63, 3.8) is 0 Å². The Balaban J connectivity index is 1.85. The number of phenolic OH excluding ortho intramolecular Hbond substituents is 1. The number of phenols is 1. The molecular formula is C16H25NO. The van der Waals surface area contributed by atoms with Gasteiger partial charge in [0, 0.05) is 12.6 Å². The quantitative estimate of drug-likeness (QED) is 0.853. The largest absolute Gasteiger partial charge is 0.508 e. The van der Waals surface area contributed by atoms with Crippen molar-refractivity contribution in [2.75, 3.05) is 0 Å². The van der Waals surface area contributed by atoms with Crippen molar-refractivity contribution in [3.8, 4) is 5.75 Å². The van der Waals surface area contributed by atoms with Crippen LogP contribution in [0.5, 0.6) is 5.75 Å². The van der Waals surface area contributed by atoms with Crippen molar-refractivity contribution in [1.82, 2.24) is 5.32 Å². The first-order chi connectivity index (χ1) is 8.46. The second-order valence-electron chi connectivity index (χ2n) is 6.54. The smallest absolute Gasteiger partial charge is 0.115 e. The molecule has 2 heteroatoms. The summed E-state index contributed by atoms with van der Waals surface area (Å²) in [6, 6.07) is 8.11. The minimum atomic E-state index is 0.339. The van der Waals surface area contributed by atoms with Gasteiger partial charge >= 0.3 is 0 Å². The Labute approximate surface area is 110 Å². The lowest BCUT2D eigenvalue weighted by Gasteiger charge is -2.39. The van der Waals surface area contributed by atoms with Crippen molar-refractivity contribution >= 4 is 0 Å². The SMILES string of the molecule is CC1CC(C)(C)CCC1NCc1ccc(O)cc1. The van der Waals surface area contributed by atoms with Crippen molar-refractivity contribution < 1.29 is 5.11 Å². The lowest BCUT2D eigenvalue weighted by atomic mass is 9.70. The lowest BCUT2D eigenvalue weighted by molar-refractivity contribution is 0.148. The van der Waals surface area contributed by atoms with Crippen LogP contribution in [0.3, 0.4) is 0 Å². The summed E-state index contributed by atoms with van der Waals surface area (Å²) < 4.78 is 0. The van der Waals surface area contributed by atoms with E-state index in [-0.39, 0.29) is 0 Å². The van der Waals surface area contributed by atoms with Crippen molar-refractivity contribution in [1.29, 1.82) is 0 Å². The van der Waals surface area contributed by atoms with Gasteiger partial charge in [-0.1, -0.05) is 32.9 Å². The molecule has 0 aliphatic heterocycles. The summed E-state index contributed by atoms with van der Waals surface area (Å²) in [6.07, 6.45) is 3.89. The zero-order valence-electron chi connectivity index (χ0n) is 11.7. The molecule has 1 fully saturated rings. The van der Waals surface area contributed by atoms with E-state index in [0.29, 0.717) is 17.2 Å². The molecule has 2 rings (SSSR count). The summed E-state index contributed by atoms with van der Waals surface area (Å²) in [5, 5.41) is 12.9. The normalized spacial score (nSPS) is 27.1. The van der Waals surface area contributed by atoms with Crippen LogP contribution in [0, 0.1) is 11.3 Å². The maximum Gasteiger partial charge on any atom is 0.115 e.